The Morgan fingerprint density at radius 2 is 1.88 bits per heavy atom. The Bertz CT molecular complexity index is 234. The second-order valence-corrected chi connectivity index (χ2v) is 5.77. The monoisotopic (exact) mass is 240 g/mol. The van der Waals surface area contributed by atoms with E-state index in [1.165, 1.54) is 12.8 Å². The second kappa shape index (κ2) is 7.00. The van der Waals surface area contributed by atoms with Crippen LogP contribution in [0, 0.1) is 17.8 Å². The van der Waals surface area contributed by atoms with E-state index in [0.29, 0.717) is 11.8 Å². The fourth-order valence-electron chi connectivity index (χ4n) is 2.29. The number of carbonyl (C=O) groups excluding carboxylic acids is 1. The molecule has 1 heterocycles. The Morgan fingerprint density at radius 1 is 1.29 bits per heavy atom. The molecule has 0 spiro atoms. The molecule has 0 bridgehead atoms. The van der Waals surface area contributed by atoms with E-state index in [1.807, 2.05) is 18.9 Å². The third kappa shape index (κ3) is 4.66. The van der Waals surface area contributed by atoms with E-state index < -0.39 is 0 Å². The minimum Gasteiger partial charge on any atom is -0.346 e. The van der Waals surface area contributed by atoms with Gasteiger partial charge in [-0.05, 0) is 44.2 Å². The van der Waals surface area contributed by atoms with Gasteiger partial charge >= 0.3 is 0 Å². The zero-order chi connectivity index (χ0) is 12.8. The zero-order valence-corrected chi connectivity index (χ0v) is 11.8. The molecule has 1 rings (SSSR count). The van der Waals surface area contributed by atoms with Crippen LogP contribution in [0.25, 0.3) is 0 Å². The van der Waals surface area contributed by atoms with Crippen molar-refractivity contribution in [3.63, 3.8) is 0 Å². The second-order valence-electron chi connectivity index (χ2n) is 5.77. The SMILES string of the molecule is CC(C)C(C)C(=O)N(C)CCC1CCNCC1. The molecule has 3 heteroatoms. The van der Waals surface area contributed by atoms with Crippen LogP contribution in [0.3, 0.4) is 0 Å². The third-order valence-corrected chi connectivity index (χ3v) is 4.10. The molecule has 3 nitrogen and oxygen atoms in total. The van der Waals surface area contributed by atoms with Crippen molar-refractivity contribution in [3.8, 4) is 0 Å². The molecule has 0 saturated carbocycles. The maximum Gasteiger partial charge on any atom is 0.225 e. The first kappa shape index (κ1) is 14.5. The van der Waals surface area contributed by atoms with Crippen molar-refractivity contribution >= 4 is 5.91 Å². The number of hydrogen-bond acceptors (Lipinski definition) is 2. The number of piperidine rings is 1. The molecule has 0 aliphatic carbocycles. The van der Waals surface area contributed by atoms with E-state index >= 15 is 0 Å². The summed E-state index contributed by atoms with van der Waals surface area (Å²) in [5, 5.41) is 3.38. The van der Waals surface area contributed by atoms with E-state index in [2.05, 4.69) is 19.2 Å². The summed E-state index contributed by atoms with van der Waals surface area (Å²) in [6.45, 7) is 9.47. The van der Waals surface area contributed by atoms with Gasteiger partial charge in [-0.15, -0.1) is 0 Å². The first-order chi connectivity index (χ1) is 8.02. The topological polar surface area (TPSA) is 32.3 Å². The number of hydrogen-bond donors (Lipinski definition) is 1. The van der Waals surface area contributed by atoms with Crippen LogP contribution in [0.15, 0.2) is 0 Å². The summed E-state index contributed by atoms with van der Waals surface area (Å²) < 4.78 is 0. The van der Waals surface area contributed by atoms with E-state index in [1.54, 1.807) is 0 Å². The van der Waals surface area contributed by atoms with Crippen molar-refractivity contribution < 1.29 is 4.79 Å². The minimum absolute atomic E-state index is 0.146. The number of rotatable bonds is 5. The van der Waals surface area contributed by atoms with Crippen LogP contribution in [-0.2, 0) is 4.79 Å². The lowest BCUT2D eigenvalue weighted by Gasteiger charge is -2.27. The molecule has 17 heavy (non-hydrogen) atoms. The molecule has 1 aliphatic rings. The van der Waals surface area contributed by atoms with Gasteiger partial charge in [0.25, 0.3) is 0 Å². The molecule has 0 aromatic carbocycles. The molecule has 0 aromatic heterocycles. The van der Waals surface area contributed by atoms with Gasteiger partial charge < -0.3 is 10.2 Å². The van der Waals surface area contributed by atoms with Crippen molar-refractivity contribution in [2.45, 2.75) is 40.0 Å². The Morgan fingerprint density at radius 3 is 2.41 bits per heavy atom. The number of nitrogens with zero attached hydrogens (tertiary/aromatic N) is 1. The van der Waals surface area contributed by atoms with Crippen molar-refractivity contribution in [1.29, 1.82) is 0 Å². The first-order valence-corrected chi connectivity index (χ1v) is 6.98. The highest BCUT2D eigenvalue weighted by Crippen LogP contribution is 2.18. The van der Waals surface area contributed by atoms with Gasteiger partial charge in [-0.25, -0.2) is 0 Å². The molecule has 0 aromatic rings. The van der Waals surface area contributed by atoms with Crippen molar-refractivity contribution in [3.05, 3.63) is 0 Å². The van der Waals surface area contributed by atoms with E-state index in [0.717, 1.165) is 32.0 Å². The average molecular weight is 240 g/mol. The van der Waals surface area contributed by atoms with Gasteiger partial charge in [0.2, 0.25) is 5.91 Å². The lowest BCUT2D eigenvalue weighted by atomic mass is 9.93. The predicted octanol–water partition coefficient (Wildman–Crippen LogP) is 2.13. The minimum atomic E-state index is 0.146. The Balaban J connectivity index is 2.28. The molecule has 1 amide bonds. The van der Waals surface area contributed by atoms with Gasteiger partial charge in [0.15, 0.2) is 0 Å². The molecular formula is C14H28N2O. The van der Waals surface area contributed by atoms with E-state index in [9.17, 15) is 4.79 Å². The average Bonchev–Trinajstić information content (AvgIpc) is 2.35. The summed E-state index contributed by atoms with van der Waals surface area (Å²) in [5.41, 5.74) is 0. The van der Waals surface area contributed by atoms with Gasteiger partial charge in [-0.3, -0.25) is 4.79 Å². The zero-order valence-electron chi connectivity index (χ0n) is 11.8. The lowest BCUT2D eigenvalue weighted by molar-refractivity contribution is -0.135. The number of carbonyl (C=O) groups is 1. The van der Waals surface area contributed by atoms with Crippen molar-refractivity contribution in [1.82, 2.24) is 10.2 Å². The molecule has 1 aliphatic heterocycles. The van der Waals surface area contributed by atoms with Gasteiger partial charge in [0.05, 0.1) is 0 Å². The molecule has 0 radical (unpaired) electrons. The smallest absolute Gasteiger partial charge is 0.225 e. The van der Waals surface area contributed by atoms with E-state index in [-0.39, 0.29) is 5.92 Å². The summed E-state index contributed by atoms with van der Waals surface area (Å²) in [7, 11) is 1.95. The number of nitrogens with one attached hydrogen (secondary N) is 1. The van der Waals surface area contributed by atoms with Gasteiger partial charge in [0, 0.05) is 19.5 Å². The maximum atomic E-state index is 12.1. The van der Waals surface area contributed by atoms with Crippen molar-refractivity contribution in [2.75, 3.05) is 26.7 Å². The highest BCUT2D eigenvalue weighted by atomic mass is 16.2. The van der Waals surface area contributed by atoms with Crippen LogP contribution in [0.4, 0.5) is 0 Å². The quantitative estimate of drug-likeness (QED) is 0.798. The van der Waals surface area contributed by atoms with Gasteiger partial charge in [-0.1, -0.05) is 20.8 Å². The molecule has 1 N–H and O–H groups in total. The van der Waals surface area contributed by atoms with Gasteiger partial charge in [0.1, 0.15) is 0 Å². The van der Waals surface area contributed by atoms with Crippen LogP contribution in [0.1, 0.15) is 40.0 Å². The standard InChI is InChI=1S/C14H28N2O/c1-11(2)12(3)14(17)16(4)10-7-13-5-8-15-9-6-13/h11-13,15H,5-10H2,1-4H3. The molecule has 1 atom stereocenters. The molecule has 1 fully saturated rings. The summed E-state index contributed by atoms with van der Waals surface area (Å²) in [6, 6.07) is 0. The highest BCUT2D eigenvalue weighted by Gasteiger charge is 2.21. The van der Waals surface area contributed by atoms with Crippen LogP contribution < -0.4 is 5.32 Å². The van der Waals surface area contributed by atoms with Crippen LogP contribution in [-0.4, -0.2) is 37.5 Å². The summed E-state index contributed by atoms with van der Waals surface area (Å²) in [4.78, 5) is 14.0. The predicted molar refractivity (Wildman–Crippen MR) is 71.8 cm³/mol. The number of amides is 1. The van der Waals surface area contributed by atoms with Crippen LogP contribution in [0.5, 0.6) is 0 Å². The highest BCUT2D eigenvalue weighted by molar-refractivity contribution is 5.78. The molecule has 1 unspecified atom stereocenters. The molecule has 100 valence electrons. The summed E-state index contributed by atoms with van der Waals surface area (Å²) in [5.74, 6) is 1.69. The van der Waals surface area contributed by atoms with E-state index in [4.69, 9.17) is 0 Å². The van der Waals surface area contributed by atoms with Crippen LogP contribution in [0.2, 0.25) is 0 Å². The summed E-state index contributed by atoms with van der Waals surface area (Å²) in [6.07, 6.45) is 3.69. The fourth-order valence-corrected chi connectivity index (χ4v) is 2.29. The largest absolute Gasteiger partial charge is 0.346 e. The van der Waals surface area contributed by atoms with Crippen molar-refractivity contribution in [2.24, 2.45) is 17.8 Å². The Kier molecular flexibility index (Phi) is 5.96. The molecular weight excluding hydrogens is 212 g/mol. The first-order valence-electron chi connectivity index (χ1n) is 6.98. The molecule has 1 saturated heterocycles. The fraction of sp³-hybridized carbons (Fsp3) is 0.929. The van der Waals surface area contributed by atoms with Crippen LogP contribution >= 0.6 is 0 Å². The Labute approximate surface area is 106 Å². The summed E-state index contributed by atoms with van der Waals surface area (Å²) >= 11 is 0. The normalized spacial score (nSPS) is 19.4. The third-order valence-electron chi connectivity index (χ3n) is 4.10. The van der Waals surface area contributed by atoms with Gasteiger partial charge in [-0.2, -0.15) is 0 Å². The Hall–Kier alpha value is -0.570. The lowest BCUT2D eigenvalue weighted by Crippen LogP contribution is -2.36. The maximum absolute atomic E-state index is 12.1.